The third-order valence-electron chi connectivity index (χ3n) is 3.71. The van der Waals surface area contributed by atoms with E-state index in [4.69, 9.17) is 19.3 Å². The van der Waals surface area contributed by atoms with Gasteiger partial charge in [0.2, 0.25) is 0 Å². The average Bonchev–Trinajstić information content (AvgIpc) is 2.68. The van der Waals surface area contributed by atoms with Crippen LogP contribution in [0.4, 0.5) is 0 Å². The van der Waals surface area contributed by atoms with Crippen LogP contribution in [0, 0.1) is 0 Å². The van der Waals surface area contributed by atoms with Gasteiger partial charge in [0.15, 0.2) is 6.10 Å². The van der Waals surface area contributed by atoms with E-state index in [0.29, 0.717) is 6.42 Å². The second-order valence-electron chi connectivity index (χ2n) is 6.54. The number of unbranched alkanes of at least 4 members (excludes halogenated alkanes) is 3. The number of phosphoric ester groups is 1. The molecule has 0 radical (unpaired) electrons. The second-order valence-corrected chi connectivity index (χ2v) is 7.78. The van der Waals surface area contributed by atoms with Crippen LogP contribution < -0.4 is 0 Å². The monoisotopic (exact) mass is 446 g/mol. The van der Waals surface area contributed by atoms with E-state index in [1.165, 1.54) is 0 Å². The van der Waals surface area contributed by atoms with Crippen LogP contribution in [0.5, 0.6) is 0 Å². The van der Waals surface area contributed by atoms with Crippen LogP contribution in [-0.2, 0) is 28.2 Å². The van der Waals surface area contributed by atoms with Crippen molar-refractivity contribution < 1.29 is 37.9 Å². The maximum absolute atomic E-state index is 11.9. The number of ether oxygens (including phenoxy) is 2. The number of allylic oxidation sites excluding steroid dienone is 4. The number of esters is 2. The molecule has 0 aliphatic carbocycles. The fraction of sp³-hybridized carbons (Fsp3) is 0.619. The summed E-state index contributed by atoms with van der Waals surface area (Å²) < 4.78 is 25.5. The molecule has 0 aromatic rings. The van der Waals surface area contributed by atoms with Gasteiger partial charge in [-0.15, -0.1) is 0 Å². The first-order valence-corrected chi connectivity index (χ1v) is 11.8. The number of hydrogen-bond acceptors (Lipinski definition) is 6. The van der Waals surface area contributed by atoms with E-state index in [1.54, 1.807) is 12.2 Å². The Balaban J connectivity index is 4.45. The summed E-state index contributed by atoms with van der Waals surface area (Å²) in [6.07, 6.45) is 15.8. The lowest BCUT2D eigenvalue weighted by Gasteiger charge is -2.18. The molecule has 0 bridgehead atoms. The molecule has 0 amide bonds. The summed E-state index contributed by atoms with van der Waals surface area (Å²) in [6, 6.07) is 0. The summed E-state index contributed by atoms with van der Waals surface area (Å²) in [4.78, 5) is 41.4. The minimum Gasteiger partial charge on any atom is -0.461 e. The fourth-order valence-electron chi connectivity index (χ4n) is 2.20. The molecule has 2 N–H and O–H groups in total. The topological polar surface area (TPSA) is 119 Å². The van der Waals surface area contributed by atoms with E-state index >= 15 is 0 Å². The molecular formula is C21H35O8P. The maximum Gasteiger partial charge on any atom is 0.469 e. The standard InChI is InChI=1S/C21H35O8P/c1-3-5-7-9-11-13-15-20(22)27-17-19(18-28-30(24,25)26)29-21(23)16-14-12-10-8-6-4-2/h5,7,11-14,19H,3-4,6,8-10,15-18H2,1-2H3,(H2,24,25,26)/t19-/m1/s1. The van der Waals surface area contributed by atoms with Gasteiger partial charge < -0.3 is 19.3 Å². The van der Waals surface area contributed by atoms with Gasteiger partial charge in [-0.05, 0) is 25.7 Å². The molecule has 9 heteroatoms. The van der Waals surface area contributed by atoms with Gasteiger partial charge in [0.25, 0.3) is 0 Å². The number of hydrogen-bond donors (Lipinski definition) is 2. The van der Waals surface area contributed by atoms with Crippen LogP contribution in [0.3, 0.4) is 0 Å². The van der Waals surface area contributed by atoms with Crippen molar-refractivity contribution in [3.05, 3.63) is 36.5 Å². The zero-order valence-corrected chi connectivity index (χ0v) is 18.8. The van der Waals surface area contributed by atoms with Crippen molar-refractivity contribution >= 4 is 19.8 Å². The lowest BCUT2D eigenvalue weighted by Crippen LogP contribution is -2.29. The van der Waals surface area contributed by atoms with Gasteiger partial charge in [-0.1, -0.05) is 63.1 Å². The van der Waals surface area contributed by atoms with Gasteiger partial charge in [-0.25, -0.2) is 4.57 Å². The van der Waals surface area contributed by atoms with E-state index in [1.807, 2.05) is 31.2 Å². The van der Waals surface area contributed by atoms with Crippen molar-refractivity contribution in [2.45, 2.75) is 71.3 Å². The quantitative estimate of drug-likeness (QED) is 0.146. The molecule has 172 valence electrons. The van der Waals surface area contributed by atoms with E-state index in [2.05, 4.69) is 11.4 Å². The molecule has 0 saturated heterocycles. The smallest absolute Gasteiger partial charge is 0.461 e. The van der Waals surface area contributed by atoms with Crippen LogP contribution in [0.1, 0.15) is 65.2 Å². The summed E-state index contributed by atoms with van der Waals surface area (Å²) in [7, 11) is -4.74. The zero-order chi connectivity index (χ0) is 22.7. The highest BCUT2D eigenvalue weighted by molar-refractivity contribution is 7.46. The van der Waals surface area contributed by atoms with Crippen molar-refractivity contribution in [1.82, 2.24) is 0 Å². The Morgan fingerprint density at radius 3 is 2.23 bits per heavy atom. The Morgan fingerprint density at radius 1 is 0.900 bits per heavy atom. The number of carbonyl (C=O) groups excluding carboxylic acids is 2. The van der Waals surface area contributed by atoms with Crippen molar-refractivity contribution in [2.75, 3.05) is 13.2 Å². The minimum atomic E-state index is -4.74. The predicted octanol–water partition coefficient (Wildman–Crippen LogP) is 4.38. The molecule has 0 rings (SSSR count). The lowest BCUT2D eigenvalue weighted by molar-refractivity contribution is -0.160. The Labute approximate surface area is 179 Å². The van der Waals surface area contributed by atoms with Crippen LogP contribution in [-0.4, -0.2) is 41.0 Å². The molecule has 0 heterocycles. The third kappa shape index (κ3) is 19.6. The second kappa shape index (κ2) is 18.1. The number of rotatable bonds is 17. The normalized spacial score (nSPS) is 13.3. The molecule has 0 aromatic heterocycles. The first kappa shape index (κ1) is 28.3. The number of carbonyl (C=O) groups is 2. The van der Waals surface area contributed by atoms with Crippen LogP contribution in [0.2, 0.25) is 0 Å². The summed E-state index contributed by atoms with van der Waals surface area (Å²) in [5.74, 6) is -1.14. The van der Waals surface area contributed by atoms with Gasteiger partial charge in [0.05, 0.1) is 19.4 Å². The van der Waals surface area contributed by atoms with Gasteiger partial charge in [-0.3, -0.25) is 14.1 Å². The summed E-state index contributed by atoms with van der Waals surface area (Å²) in [5, 5.41) is 0. The van der Waals surface area contributed by atoms with Gasteiger partial charge in [0.1, 0.15) is 6.61 Å². The highest BCUT2D eigenvalue weighted by atomic mass is 31.2. The molecule has 1 atom stereocenters. The largest absolute Gasteiger partial charge is 0.469 e. The lowest BCUT2D eigenvalue weighted by atomic mass is 10.2. The molecule has 0 aliphatic heterocycles. The number of phosphoric acid groups is 1. The molecule has 0 aliphatic rings. The Morgan fingerprint density at radius 2 is 1.57 bits per heavy atom. The fourth-order valence-corrected chi connectivity index (χ4v) is 2.56. The van der Waals surface area contributed by atoms with Gasteiger partial charge in [-0.2, -0.15) is 0 Å². The van der Waals surface area contributed by atoms with Crippen molar-refractivity contribution in [3.8, 4) is 0 Å². The Kier molecular flexibility index (Phi) is 17.0. The molecule has 0 unspecified atom stereocenters. The van der Waals surface area contributed by atoms with Gasteiger partial charge >= 0.3 is 19.8 Å². The maximum atomic E-state index is 11.9. The van der Waals surface area contributed by atoms with Crippen LogP contribution >= 0.6 is 7.82 Å². The van der Waals surface area contributed by atoms with Crippen molar-refractivity contribution in [3.63, 3.8) is 0 Å². The summed E-state index contributed by atoms with van der Waals surface area (Å²) >= 11 is 0. The first-order valence-electron chi connectivity index (χ1n) is 10.3. The molecule has 0 fully saturated rings. The molecule has 0 spiro atoms. The van der Waals surface area contributed by atoms with Crippen LogP contribution in [0.15, 0.2) is 36.5 Å². The van der Waals surface area contributed by atoms with Crippen LogP contribution in [0.25, 0.3) is 0 Å². The molecule has 0 saturated carbocycles. The molecular weight excluding hydrogens is 411 g/mol. The SMILES string of the molecule is CCC=CCC=CCC(=O)OC[C@H](COP(=O)(O)O)OC(=O)CC=CCCCCC. The highest BCUT2D eigenvalue weighted by Crippen LogP contribution is 2.35. The minimum absolute atomic E-state index is 0.0144. The van der Waals surface area contributed by atoms with E-state index in [0.717, 1.165) is 32.1 Å². The molecule has 8 nitrogen and oxygen atoms in total. The van der Waals surface area contributed by atoms with Crippen molar-refractivity contribution in [1.29, 1.82) is 0 Å². The Hall–Kier alpha value is -1.73. The van der Waals surface area contributed by atoms with Crippen molar-refractivity contribution in [2.24, 2.45) is 0 Å². The zero-order valence-electron chi connectivity index (χ0n) is 17.9. The predicted molar refractivity (Wildman–Crippen MR) is 115 cm³/mol. The summed E-state index contributed by atoms with van der Waals surface area (Å²) in [6.45, 7) is 3.20. The third-order valence-corrected chi connectivity index (χ3v) is 4.19. The molecule has 0 aromatic carbocycles. The summed E-state index contributed by atoms with van der Waals surface area (Å²) in [5.41, 5.74) is 0. The van der Waals surface area contributed by atoms with Gasteiger partial charge in [0, 0.05) is 0 Å². The average molecular weight is 446 g/mol. The van der Waals surface area contributed by atoms with E-state index in [9.17, 15) is 14.2 Å². The first-order chi connectivity index (χ1) is 14.3. The van der Waals surface area contributed by atoms with E-state index in [-0.39, 0.29) is 19.4 Å². The van der Waals surface area contributed by atoms with E-state index < -0.39 is 32.5 Å². The highest BCUT2D eigenvalue weighted by Gasteiger charge is 2.22. The Bertz CT molecular complexity index is 606. The molecule has 30 heavy (non-hydrogen) atoms.